The molecule has 2 aromatic carbocycles. The number of aromatic nitrogens is 2. The van der Waals surface area contributed by atoms with Crippen LogP contribution in [0.15, 0.2) is 54.9 Å². The van der Waals surface area contributed by atoms with E-state index >= 15 is 0 Å². The second-order valence-corrected chi connectivity index (χ2v) is 6.13. The van der Waals surface area contributed by atoms with Crippen molar-refractivity contribution >= 4 is 46.4 Å². The van der Waals surface area contributed by atoms with Gasteiger partial charge in [0.25, 0.3) is 5.91 Å². The Morgan fingerprint density at radius 1 is 1.00 bits per heavy atom. The molecule has 3 aromatic rings. The van der Waals surface area contributed by atoms with Crippen LogP contribution in [-0.4, -0.2) is 15.9 Å². The van der Waals surface area contributed by atoms with Crippen molar-refractivity contribution in [3.63, 3.8) is 0 Å². The summed E-state index contributed by atoms with van der Waals surface area (Å²) in [5.41, 5.74) is 2.58. The monoisotopic (exact) mass is 372 g/mol. The number of hydrogen-bond acceptors (Lipinski definition) is 4. The second kappa shape index (κ2) is 7.51. The summed E-state index contributed by atoms with van der Waals surface area (Å²) in [6, 6.07) is 12.6. The molecular formula is C18H14Cl2N4O. The molecule has 0 radical (unpaired) electrons. The number of nitrogens with zero attached hydrogens (tertiary/aromatic N) is 2. The third-order valence-corrected chi connectivity index (χ3v) is 4.20. The smallest absolute Gasteiger partial charge is 0.258 e. The molecular weight excluding hydrogens is 359 g/mol. The highest BCUT2D eigenvalue weighted by Gasteiger charge is 2.09. The zero-order valence-corrected chi connectivity index (χ0v) is 14.8. The lowest BCUT2D eigenvalue weighted by molar-refractivity contribution is 0.102. The van der Waals surface area contributed by atoms with Crippen LogP contribution in [0.3, 0.4) is 0 Å². The van der Waals surface area contributed by atoms with Gasteiger partial charge in [-0.25, -0.2) is 9.97 Å². The molecule has 0 atom stereocenters. The lowest BCUT2D eigenvalue weighted by atomic mass is 10.2. The highest BCUT2D eigenvalue weighted by Crippen LogP contribution is 2.23. The molecule has 0 spiro atoms. The molecule has 0 unspecified atom stereocenters. The van der Waals surface area contributed by atoms with Crippen molar-refractivity contribution in [2.24, 2.45) is 0 Å². The molecule has 0 aliphatic carbocycles. The maximum atomic E-state index is 12.3. The van der Waals surface area contributed by atoms with E-state index in [-0.39, 0.29) is 5.91 Å². The molecule has 3 rings (SSSR count). The topological polar surface area (TPSA) is 66.9 Å². The van der Waals surface area contributed by atoms with E-state index in [1.54, 1.807) is 18.2 Å². The first-order valence-electron chi connectivity index (χ1n) is 7.44. The van der Waals surface area contributed by atoms with Gasteiger partial charge in [0.2, 0.25) is 5.95 Å². The quantitative estimate of drug-likeness (QED) is 0.669. The van der Waals surface area contributed by atoms with E-state index in [2.05, 4.69) is 20.6 Å². The van der Waals surface area contributed by atoms with Crippen molar-refractivity contribution in [3.05, 3.63) is 76.0 Å². The Kier molecular flexibility index (Phi) is 5.16. The van der Waals surface area contributed by atoms with Gasteiger partial charge in [-0.1, -0.05) is 41.4 Å². The maximum absolute atomic E-state index is 12.3. The first-order chi connectivity index (χ1) is 12.0. The van der Waals surface area contributed by atoms with Crippen LogP contribution in [0.4, 0.5) is 17.3 Å². The molecule has 25 heavy (non-hydrogen) atoms. The minimum absolute atomic E-state index is 0.316. The predicted molar refractivity (Wildman–Crippen MR) is 101 cm³/mol. The van der Waals surface area contributed by atoms with E-state index in [9.17, 15) is 4.79 Å². The number of hydrogen-bond donors (Lipinski definition) is 2. The van der Waals surface area contributed by atoms with Crippen LogP contribution in [0.5, 0.6) is 0 Å². The fourth-order valence-electron chi connectivity index (χ4n) is 2.07. The number of rotatable bonds is 4. The molecule has 5 nitrogen and oxygen atoms in total. The van der Waals surface area contributed by atoms with E-state index in [0.717, 1.165) is 5.56 Å². The summed E-state index contributed by atoms with van der Waals surface area (Å²) in [4.78, 5) is 20.5. The molecule has 0 aliphatic heterocycles. The highest BCUT2D eigenvalue weighted by molar-refractivity contribution is 6.33. The van der Waals surface area contributed by atoms with Crippen LogP contribution in [0.1, 0.15) is 15.9 Å². The van der Waals surface area contributed by atoms with E-state index in [4.69, 9.17) is 23.2 Å². The van der Waals surface area contributed by atoms with Gasteiger partial charge in [0.1, 0.15) is 0 Å². The van der Waals surface area contributed by atoms with Crippen molar-refractivity contribution in [3.8, 4) is 0 Å². The summed E-state index contributed by atoms with van der Waals surface area (Å²) in [6.45, 7) is 1.90. The van der Waals surface area contributed by atoms with Crippen LogP contribution in [-0.2, 0) is 0 Å². The molecule has 2 N–H and O–H groups in total. The Morgan fingerprint density at radius 3 is 2.40 bits per heavy atom. The van der Waals surface area contributed by atoms with E-state index in [0.29, 0.717) is 32.9 Å². The van der Waals surface area contributed by atoms with E-state index in [1.807, 2.05) is 31.2 Å². The first-order valence-corrected chi connectivity index (χ1v) is 8.19. The number of carbonyl (C=O) groups excluding carboxylic acids is 1. The Hall–Kier alpha value is -2.63. The Morgan fingerprint density at radius 2 is 1.72 bits per heavy atom. The Balaban J connectivity index is 1.70. The van der Waals surface area contributed by atoms with Crippen molar-refractivity contribution in [1.29, 1.82) is 0 Å². The number of nitrogens with one attached hydrogen (secondary N) is 2. The summed E-state index contributed by atoms with van der Waals surface area (Å²) >= 11 is 12.1. The molecule has 1 amide bonds. The highest BCUT2D eigenvalue weighted by atomic mass is 35.5. The van der Waals surface area contributed by atoms with Crippen molar-refractivity contribution in [2.45, 2.75) is 6.92 Å². The number of benzene rings is 2. The number of para-hydroxylation sites is 1. The van der Waals surface area contributed by atoms with Crippen LogP contribution < -0.4 is 10.6 Å². The molecule has 0 saturated carbocycles. The molecule has 1 heterocycles. The lowest BCUT2D eigenvalue weighted by Crippen LogP contribution is -2.13. The second-order valence-electron chi connectivity index (χ2n) is 5.32. The number of carbonyl (C=O) groups is 1. The third-order valence-electron chi connectivity index (χ3n) is 3.46. The minimum atomic E-state index is -0.316. The zero-order valence-electron chi connectivity index (χ0n) is 13.3. The first kappa shape index (κ1) is 17.2. The predicted octanol–water partition coefficient (Wildman–Crippen LogP) is 5.09. The number of anilines is 3. The molecule has 0 aliphatic rings. The molecule has 1 aromatic heterocycles. The van der Waals surface area contributed by atoms with Gasteiger partial charge in [-0.15, -0.1) is 0 Å². The third kappa shape index (κ3) is 4.26. The minimum Gasteiger partial charge on any atom is -0.323 e. The van der Waals surface area contributed by atoms with Gasteiger partial charge < -0.3 is 10.6 Å². The number of amides is 1. The molecule has 126 valence electrons. The maximum Gasteiger partial charge on any atom is 0.258 e. The SMILES string of the molecule is Cc1ccc(NC(=O)c2cnc(Nc3ccccc3Cl)nc2)cc1Cl. The summed E-state index contributed by atoms with van der Waals surface area (Å²) in [5.74, 6) is 0.0345. The largest absolute Gasteiger partial charge is 0.323 e. The lowest BCUT2D eigenvalue weighted by Gasteiger charge is -2.08. The average molecular weight is 373 g/mol. The van der Waals surface area contributed by atoms with E-state index < -0.39 is 0 Å². The standard InChI is InChI=1S/C18H14Cl2N4O/c1-11-6-7-13(8-15(11)20)23-17(25)12-9-21-18(22-10-12)24-16-5-3-2-4-14(16)19/h2-10H,1H3,(H,23,25)(H,21,22,24). The number of halogens is 2. The van der Waals surface area contributed by atoms with E-state index in [1.165, 1.54) is 12.4 Å². The fraction of sp³-hybridized carbons (Fsp3) is 0.0556. The molecule has 7 heteroatoms. The summed E-state index contributed by atoms with van der Waals surface area (Å²) in [5, 5.41) is 6.91. The van der Waals surface area contributed by atoms with Crippen molar-refractivity contribution in [2.75, 3.05) is 10.6 Å². The van der Waals surface area contributed by atoms with Gasteiger partial charge in [-0.05, 0) is 36.8 Å². The molecule has 0 fully saturated rings. The van der Waals surface area contributed by atoms with Gasteiger partial charge in [0.05, 0.1) is 16.3 Å². The van der Waals surface area contributed by atoms with Crippen molar-refractivity contribution < 1.29 is 4.79 Å². The van der Waals surface area contributed by atoms with Gasteiger partial charge >= 0.3 is 0 Å². The molecule has 0 bridgehead atoms. The zero-order chi connectivity index (χ0) is 17.8. The Bertz CT molecular complexity index is 913. The molecule has 0 saturated heterocycles. The average Bonchev–Trinajstić information content (AvgIpc) is 2.61. The Labute approximate surface area is 155 Å². The van der Waals surface area contributed by atoms with Crippen LogP contribution in [0.2, 0.25) is 10.0 Å². The van der Waals surface area contributed by atoms with Gasteiger partial charge in [-0.3, -0.25) is 4.79 Å². The van der Waals surface area contributed by atoms with Crippen molar-refractivity contribution in [1.82, 2.24) is 9.97 Å². The summed E-state index contributed by atoms with van der Waals surface area (Å²) in [6.07, 6.45) is 2.88. The summed E-state index contributed by atoms with van der Waals surface area (Å²) < 4.78 is 0. The van der Waals surface area contributed by atoms with Crippen LogP contribution in [0.25, 0.3) is 0 Å². The normalized spacial score (nSPS) is 10.4. The fourth-order valence-corrected chi connectivity index (χ4v) is 2.43. The van der Waals surface area contributed by atoms with Gasteiger partial charge in [-0.2, -0.15) is 0 Å². The van der Waals surface area contributed by atoms with Crippen LogP contribution in [0, 0.1) is 6.92 Å². The number of aryl methyl sites for hydroxylation is 1. The van der Waals surface area contributed by atoms with Gasteiger partial charge in [0.15, 0.2) is 0 Å². The summed E-state index contributed by atoms with van der Waals surface area (Å²) in [7, 11) is 0. The van der Waals surface area contributed by atoms with Gasteiger partial charge in [0, 0.05) is 23.1 Å². The van der Waals surface area contributed by atoms with Crippen LogP contribution >= 0.6 is 23.2 Å².